The molecule has 0 saturated carbocycles. The molecule has 0 atom stereocenters. The molecule has 16 heavy (non-hydrogen) atoms. The van der Waals surface area contributed by atoms with E-state index in [9.17, 15) is 22.0 Å². The zero-order chi connectivity index (χ0) is 12.4. The van der Waals surface area contributed by atoms with Gasteiger partial charge >= 0.3 is 12.3 Å². The lowest BCUT2D eigenvalue weighted by atomic mass is 10.2. The summed E-state index contributed by atoms with van der Waals surface area (Å²) in [5, 5.41) is 0. The number of hydrogen-bond acceptors (Lipinski definition) is 2. The lowest BCUT2D eigenvalue weighted by molar-refractivity contribution is -0.360. The van der Waals surface area contributed by atoms with E-state index < -0.39 is 18.0 Å². The predicted molar refractivity (Wildman–Crippen MR) is 46.0 cm³/mol. The monoisotopic (exact) mass is 241 g/mol. The predicted octanol–water partition coefficient (Wildman–Crippen LogP) is 2.68. The van der Waals surface area contributed by atoms with Gasteiger partial charge < -0.3 is 10.5 Å². The number of para-hydroxylation sites is 1. The van der Waals surface area contributed by atoms with E-state index in [1.54, 1.807) is 0 Å². The zero-order valence-corrected chi connectivity index (χ0v) is 7.89. The third kappa shape index (κ3) is 2.60. The van der Waals surface area contributed by atoms with Crippen LogP contribution in [0.5, 0.6) is 5.75 Å². The minimum atomic E-state index is -5.76. The highest BCUT2D eigenvalue weighted by molar-refractivity contribution is 5.33. The Hall–Kier alpha value is -1.37. The third-order valence-corrected chi connectivity index (χ3v) is 1.76. The van der Waals surface area contributed by atoms with Crippen molar-refractivity contribution in [3.8, 4) is 5.75 Å². The molecule has 0 aliphatic rings. The van der Waals surface area contributed by atoms with Gasteiger partial charge in [0, 0.05) is 12.1 Å². The number of alkyl halides is 5. The average Bonchev–Trinajstić information content (AvgIpc) is 2.16. The van der Waals surface area contributed by atoms with Crippen molar-refractivity contribution in [2.45, 2.75) is 18.8 Å². The van der Waals surface area contributed by atoms with Crippen LogP contribution in [0.1, 0.15) is 5.56 Å². The van der Waals surface area contributed by atoms with E-state index in [1.165, 1.54) is 18.2 Å². The van der Waals surface area contributed by atoms with Crippen LogP contribution >= 0.6 is 0 Å². The molecule has 0 aliphatic carbocycles. The summed E-state index contributed by atoms with van der Waals surface area (Å²) >= 11 is 0. The number of halogens is 5. The van der Waals surface area contributed by atoms with E-state index in [0.29, 0.717) is 0 Å². The van der Waals surface area contributed by atoms with Crippen LogP contribution < -0.4 is 10.5 Å². The van der Waals surface area contributed by atoms with Crippen molar-refractivity contribution in [3.05, 3.63) is 29.8 Å². The molecule has 90 valence electrons. The standard InChI is InChI=1S/C9H8F5NO/c10-8(11,12)9(13,14)16-7-4-2-1-3-6(7)5-15/h1-4H,5,15H2. The average molecular weight is 241 g/mol. The summed E-state index contributed by atoms with van der Waals surface area (Å²) in [6.07, 6.45) is -11.0. The quantitative estimate of drug-likeness (QED) is 0.825. The second-order valence-corrected chi connectivity index (χ2v) is 2.93. The number of ether oxygens (including phenoxy) is 1. The Labute approximate surface area is 87.8 Å². The topological polar surface area (TPSA) is 35.2 Å². The first kappa shape index (κ1) is 12.7. The van der Waals surface area contributed by atoms with Crippen LogP contribution in [0.2, 0.25) is 0 Å². The highest BCUT2D eigenvalue weighted by atomic mass is 19.4. The van der Waals surface area contributed by atoms with Crippen molar-refractivity contribution >= 4 is 0 Å². The molecular formula is C9H8F5NO. The Morgan fingerprint density at radius 3 is 2.12 bits per heavy atom. The molecule has 0 fully saturated rings. The molecule has 1 aromatic rings. The molecule has 1 rings (SSSR count). The van der Waals surface area contributed by atoms with Gasteiger partial charge in [0.15, 0.2) is 0 Å². The molecule has 0 aliphatic heterocycles. The molecule has 0 bridgehead atoms. The fourth-order valence-electron chi connectivity index (χ4n) is 0.968. The molecule has 0 amide bonds. The van der Waals surface area contributed by atoms with Crippen molar-refractivity contribution < 1.29 is 26.7 Å². The molecule has 0 unspecified atom stereocenters. The third-order valence-electron chi connectivity index (χ3n) is 1.76. The summed E-state index contributed by atoms with van der Waals surface area (Å²) in [6.45, 7) is -0.190. The fraction of sp³-hybridized carbons (Fsp3) is 0.333. The summed E-state index contributed by atoms with van der Waals surface area (Å²) in [5.74, 6) is -0.577. The number of hydrogen-bond donors (Lipinski definition) is 1. The van der Waals surface area contributed by atoms with E-state index in [4.69, 9.17) is 5.73 Å². The lowest BCUT2D eigenvalue weighted by Crippen LogP contribution is -2.42. The first-order chi connectivity index (χ1) is 7.28. The van der Waals surface area contributed by atoms with Gasteiger partial charge in [-0.3, -0.25) is 0 Å². The van der Waals surface area contributed by atoms with Crippen molar-refractivity contribution in [1.82, 2.24) is 0 Å². The highest BCUT2D eigenvalue weighted by Crippen LogP contribution is 2.38. The molecular weight excluding hydrogens is 233 g/mol. The molecule has 2 nitrogen and oxygen atoms in total. The normalized spacial score (nSPS) is 12.6. The first-order valence-corrected chi connectivity index (χ1v) is 4.19. The Bertz CT molecular complexity index is 363. The van der Waals surface area contributed by atoms with Crippen LogP contribution in [-0.2, 0) is 6.54 Å². The Kier molecular flexibility index (Phi) is 3.37. The molecule has 0 saturated heterocycles. The SMILES string of the molecule is NCc1ccccc1OC(F)(F)C(F)(F)F. The van der Waals surface area contributed by atoms with Gasteiger partial charge in [0.2, 0.25) is 0 Å². The van der Waals surface area contributed by atoms with E-state index in [0.717, 1.165) is 6.07 Å². The van der Waals surface area contributed by atoms with E-state index in [-0.39, 0.29) is 12.1 Å². The first-order valence-electron chi connectivity index (χ1n) is 4.19. The van der Waals surface area contributed by atoms with Crippen LogP contribution in [0.3, 0.4) is 0 Å². The van der Waals surface area contributed by atoms with Gasteiger partial charge in [-0.1, -0.05) is 18.2 Å². The van der Waals surface area contributed by atoms with E-state index in [2.05, 4.69) is 4.74 Å². The second kappa shape index (κ2) is 4.25. The van der Waals surface area contributed by atoms with Gasteiger partial charge in [0.25, 0.3) is 0 Å². The van der Waals surface area contributed by atoms with Crippen LogP contribution in [0, 0.1) is 0 Å². The van der Waals surface area contributed by atoms with Gasteiger partial charge in [-0.15, -0.1) is 0 Å². The van der Waals surface area contributed by atoms with Crippen LogP contribution in [0.25, 0.3) is 0 Å². The Balaban J connectivity index is 2.96. The fourth-order valence-corrected chi connectivity index (χ4v) is 0.968. The maximum Gasteiger partial charge on any atom is 0.499 e. The maximum atomic E-state index is 12.5. The molecule has 0 spiro atoms. The van der Waals surface area contributed by atoms with Gasteiger partial charge in [-0.05, 0) is 6.07 Å². The molecule has 2 N–H and O–H groups in total. The number of benzene rings is 1. The van der Waals surface area contributed by atoms with Crippen LogP contribution in [-0.4, -0.2) is 12.3 Å². The summed E-state index contributed by atoms with van der Waals surface area (Å²) < 4.78 is 64.3. The minimum absolute atomic E-state index is 0.0754. The summed E-state index contributed by atoms with van der Waals surface area (Å²) in [6, 6.07) is 5.05. The van der Waals surface area contributed by atoms with Gasteiger partial charge in [-0.2, -0.15) is 22.0 Å². The zero-order valence-electron chi connectivity index (χ0n) is 7.89. The van der Waals surface area contributed by atoms with Gasteiger partial charge in [-0.25, -0.2) is 0 Å². The Morgan fingerprint density at radius 2 is 1.62 bits per heavy atom. The molecule has 0 radical (unpaired) electrons. The van der Waals surface area contributed by atoms with E-state index >= 15 is 0 Å². The lowest BCUT2D eigenvalue weighted by Gasteiger charge is -2.21. The van der Waals surface area contributed by atoms with Crippen molar-refractivity contribution in [2.24, 2.45) is 5.73 Å². The van der Waals surface area contributed by atoms with Crippen LogP contribution in [0.15, 0.2) is 24.3 Å². The van der Waals surface area contributed by atoms with Crippen molar-refractivity contribution in [3.63, 3.8) is 0 Å². The maximum absolute atomic E-state index is 12.5. The summed E-state index contributed by atoms with van der Waals surface area (Å²) in [4.78, 5) is 0. The molecule has 0 heterocycles. The Morgan fingerprint density at radius 1 is 1.06 bits per heavy atom. The number of rotatable bonds is 3. The van der Waals surface area contributed by atoms with Gasteiger partial charge in [0.1, 0.15) is 5.75 Å². The number of nitrogens with two attached hydrogens (primary N) is 1. The van der Waals surface area contributed by atoms with Crippen molar-refractivity contribution in [2.75, 3.05) is 0 Å². The molecule has 1 aromatic carbocycles. The van der Waals surface area contributed by atoms with Crippen molar-refractivity contribution in [1.29, 1.82) is 0 Å². The molecule has 0 aromatic heterocycles. The highest BCUT2D eigenvalue weighted by Gasteiger charge is 2.61. The van der Waals surface area contributed by atoms with Gasteiger partial charge in [0.05, 0.1) is 0 Å². The largest absolute Gasteiger partial charge is 0.499 e. The minimum Gasteiger partial charge on any atom is -0.425 e. The summed E-state index contributed by atoms with van der Waals surface area (Å²) in [7, 11) is 0. The second-order valence-electron chi connectivity index (χ2n) is 2.93. The molecule has 7 heteroatoms. The smallest absolute Gasteiger partial charge is 0.425 e. The van der Waals surface area contributed by atoms with Crippen LogP contribution in [0.4, 0.5) is 22.0 Å². The summed E-state index contributed by atoms with van der Waals surface area (Å²) in [5.41, 5.74) is 5.25. The van der Waals surface area contributed by atoms with E-state index in [1.807, 2.05) is 0 Å².